The number of aryl methyl sites for hydroxylation is 1. The van der Waals surface area contributed by atoms with Gasteiger partial charge >= 0.3 is 0 Å². The van der Waals surface area contributed by atoms with Crippen molar-refractivity contribution < 1.29 is 9.59 Å². The van der Waals surface area contributed by atoms with Gasteiger partial charge in [-0.3, -0.25) is 14.3 Å². The molecule has 2 rings (SSSR count). The maximum Gasteiger partial charge on any atom is 0.273 e. The lowest BCUT2D eigenvalue weighted by molar-refractivity contribution is 0.0944. The van der Waals surface area contributed by atoms with Gasteiger partial charge in [-0.15, -0.1) is 0 Å². The Balaban J connectivity index is 2.23. The van der Waals surface area contributed by atoms with E-state index in [-0.39, 0.29) is 11.6 Å². The second-order valence-corrected chi connectivity index (χ2v) is 6.00. The number of amides is 2. The summed E-state index contributed by atoms with van der Waals surface area (Å²) in [5.41, 5.74) is 1.26. The van der Waals surface area contributed by atoms with Crippen LogP contribution in [0, 0.1) is 17.2 Å². The lowest BCUT2D eigenvalue weighted by Crippen LogP contribution is -2.28. The van der Waals surface area contributed by atoms with Gasteiger partial charge in [0.15, 0.2) is 5.69 Å². The average Bonchev–Trinajstić information content (AvgIpc) is 3.02. The third-order valence-electron chi connectivity index (χ3n) is 3.47. The number of benzene rings is 1. The van der Waals surface area contributed by atoms with Crippen LogP contribution in [0.4, 0.5) is 5.69 Å². The largest absolute Gasteiger partial charge is 0.350 e. The fraction of sp³-hybridized carbons (Fsp3) is 0.333. The van der Waals surface area contributed by atoms with Crippen molar-refractivity contribution in [2.75, 3.05) is 11.9 Å². The molecule has 0 aliphatic carbocycles. The standard InChI is InChI=1S/C18H21N5O2/c1-4-23-11-15(16(22-23)18(25)20-10-12(2)3)21-17(24)14-7-5-6-13(8-14)9-19/h5-8,11-12H,4,10H2,1-3H3,(H,20,25)(H,21,24). The van der Waals surface area contributed by atoms with Crippen LogP contribution in [0.15, 0.2) is 30.5 Å². The third kappa shape index (κ3) is 4.67. The summed E-state index contributed by atoms with van der Waals surface area (Å²) < 4.78 is 1.59. The summed E-state index contributed by atoms with van der Waals surface area (Å²) in [5.74, 6) is -0.420. The zero-order chi connectivity index (χ0) is 18.4. The van der Waals surface area contributed by atoms with Gasteiger partial charge < -0.3 is 10.6 Å². The first-order chi connectivity index (χ1) is 11.9. The Morgan fingerprint density at radius 1 is 1.32 bits per heavy atom. The van der Waals surface area contributed by atoms with Crippen LogP contribution in [-0.2, 0) is 6.54 Å². The molecule has 1 aromatic heterocycles. The summed E-state index contributed by atoms with van der Waals surface area (Å²) in [4.78, 5) is 24.8. The minimum Gasteiger partial charge on any atom is -0.350 e. The summed E-state index contributed by atoms with van der Waals surface area (Å²) in [5, 5.41) is 18.7. The van der Waals surface area contributed by atoms with Crippen LogP contribution in [0.3, 0.4) is 0 Å². The van der Waals surface area contributed by atoms with Crippen molar-refractivity contribution in [3.05, 3.63) is 47.3 Å². The number of nitriles is 1. The van der Waals surface area contributed by atoms with E-state index in [4.69, 9.17) is 5.26 Å². The van der Waals surface area contributed by atoms with Crippen LogP contribution >= 0.6 is 0 Å². The number of carbonyl (C=O) groups is 2. The predicted molar refractivity (Wildman–Crippen MR) is 94.2 cm³/mol. The molecular weight excluding hydrogens is 318 g/mol. The lowest BCUT2D eigenvalue weighted by atomic mass is 10.1. The van der Waals surface area contributed by atoms with Crippen molar-refractivity contribution in [1.29, 1.82) is 5.26 Å². The monoisotopic (exact) mass is 339 g/mol. The molecule has 0 fully saturated rings. The first-order valence-electron chi connectivity index (χ1n) is 8.11. The van der Waals surface area contributed by atoms with Gasteiger partial charge in [0.25, 0.3) is 11.8 Å². The second-order valence-electron chi connectivity index (χ2n) is 6.00. The molecule has 1 heterocycles. The number of aromatic nitrogens is 2. The topological polar surface area (TPSA) is 99.8 Å². The van der Waals surface area contributed by atoms with Crippen LogP contribution in [0.5, 0.6) is 0 Å². The molecule has 0 spiro atoms. The van der Waals surface area contributed by atoms with Crippen molar-refractivity contribution in [1.82, 2.24) is 15.1 Å². The zero-order valence-electron chi connectivity index (χ0n) is 14.5. The number of carbonyl (C=O) groups excluding carboxylic acids is 2. The van der Waals surface area contributed by atoms with Crippen molar-refractivity contribution in [3.8, 4) is 6.07 Å². The van der Waals surface area contributed by atoms with E-state index in [1.54, 1.807) is 29.1 Å². The van der Waals surface area contributed by atoms with Gasteiger partial charge in [-0.1, -0.05) is 19.9 Å². The summed E-state index contributed by atoms with van der Waals surface area (Å²) in [6, 6.07) is 8.36. The molecule has 2 aromatic rings. The summed E-state index contributed by atoms with van der Waals surface area (Å²) >= 11 is 0. The van der Waals surface area contributed by atoms with E-state index in [0.29, 0.717) is 35.8 Å². The van der Waals surface area contributed by atoms with Gasteiger partial charge in [-0.2, -0.15) is 10.4 Å². The molecular formula is C18H21N5O2. The fourth-order valence-electron chi connectivity index (χ4n) is 2.15. The highest BCUT2D eigenvalue weighted by Crippen LogP contribution is 2.16. The summed E-state index contributed by atoms with van der Waals surface area (Å²) in [7, 11) is 0. The van der Waals surface area contributed by atoms with Crippen molar-refractivity contribution in [2.45, 2.75) is 27.3 Å². The molecule has 2 amide bonds. The van der Waals surface area contributed by atoms with Crippen LogP contribution in [0.25, 0.3) is 0 Å². The van der Waals surface area contributed by atoms with E-state index in [0.717, 1.165) is 0 Å². The Morgan fingerprint density at radius 3 is 2.72 bits per heavy atom. The predicted octanol–water partition coefficient (Wildman–Crippen LogP) is 2.41. The average molecular weight is 339 g/mol. The Labute approximate surface area is 146 Å². The second kappa shape index (κ2) is 8.11. The van der Waals surface area contributed by atoms with Gasteiger partial charge in [0.1, 0.15) is 0 Å². The molecule has 0 atom stereocenters. The molecule has 0 saturated carbocycles. The maximum atomic E-state index is 12.4. The first kappa shape index (κ1) is 18.2. The normalized spacial score (nSPS) is 10.4. The highest BCUT2D eigenvalue weighted by Gasteiger charge is 2.19. The first-order valence-corrected chi connectivity index (χ1v) is 8.11. The van der Waals surface area contributed by atoms with Crippen LogP contribution in [-0.4, -0.2) is 28.1 Å². The Morgan fingerprint density at radius 2 is 2.08 bits per heavy atom. The van der Waals surface area contributed by atoms with E-state index in [1.165, 1.54) is 6.07 Å². The Bertz CT molecular complexity index is 817. The number of nitrogens with one attached hydrogen (secondary N) is 2. The molecule has 0 saturated heterocycles. The lowest BCUT2D eigenvalue weighted by Gasteiger charge is -2.08. The van der Waals surface area contributed by atoms with E-state index in [9.17, 15) is 9.59 Å². The molecule has 25 heavy (non-hydrogen) atoms. The number of hydrogen-bond acceptors (Lipinski definition) is 4. The van der Waals surface area contributed by atoms with Gasteiger partial charge in [0.05, 0.1) is 17.3 Å². The Hall–Kier alpha value is -3.14. The number of anilines is 1. The fourth-order valence-corrected chi connectivity index (χ4v) is 2.15. The summed E-state index contributed by atoms with van der Waals surface area (Å²) in [6.45, 7) is 6.98. The number of nitrogens with zero attached hydrogens (tertiary/aromatic N) is 3. The number of hydrogen-bond donors (Lipinski definition) is 2. The van der Waals surface area contributed by atoms with Gasteiger partial charge in [-0.05, 0) is 31.0 Å². The van der Waals surface area contributed by atoms with Gasteiger partial charge in [0, 0.05) is 24.8 Å². The SMILES string of the molecule is CCn1cc(NC(=O)c2cccc(C#N)c2)c(C(=O)NCC(C)C)n1. The van der Waals surface area contributed by atoms with Gasteiger partial charge in [0.2, 0.25) is 0 Å². The molecule has 0 unspecified atom stereocenters. The van der Waals surface area contributed by atoms with E-state index >= 15 is 0 Å². The highest BCUT2D eigenvalue weighted by atomic mass is 16.2. The van der Waals surface area contributed by atoms with Crippen molar-refractivity contribution in [3.63, 3.8) is 0 Å². The molecule has 0 aliphatic heterocycles. The molecule has 0 aliphatic rings. The summed E-state index contributed by atoms with van der Waals surface area (Å²) in [6.07, 6.45) is 1.62. The van der Waals surface area contributed by atoms with Crippen LogP contribution in [0.1, 0.15) is 47.2 Å². The highest BCUT2D eigenvalue weighted by molar-refractivity contribution is 6.08. The Kier molecular flexibility index (Phi) is 5.90. The minimum absolute atomic E-state index is 0.173. The van der Waals surface area contributed by atoms with Crippen LogP contribution < -0.4 is 10.6 Å². The molecule has 0 bridgehead atoms. The van der Waals surface area contributed by atoms with Crippen molar-refractivity contribution in [2.24, 2.45) is 5.92 Å². The molecule has 1 aromatic carbocycles. The molecule has 2 N–H and O–H groups in total. The minimum atomic E-state index is -0.398. The smallest absolute Gasteiger partial charge is 0.273 e. The number of rotatable bonds is 6. The molecule has 0 radical (unpaired) electrons. The van der Waals surface area contributed by atoms with Gasteiger partial charge in [-0.25, -0.2) is 0 Å². The molecule has 130 valence electrons. The van der Waals surface area contributed by atoms with E-state index in [1.807, 2.05) is 26.8 Å². The molecule has 7 heteroatoms. The third-order valence-corrected chi connectivity index (χ3v) is 3.47. The van der Waals surface area contributed by atoms with E-state index in [2.05, 4.69) is 15.7 Å². The maximum absolute atomic E-state index is 12.4. The molecule has 7 nitrogen and oxygen atoms in total. The van der Waals surface area contributed by atoms with Crippen LogP contribution in [0.2, 0.25) is 0 Å². The van der Waals surface area contributed by atoms with E-state index < -0.39 is 5.91 Å². The zero-order valence-corrected chi connectivity index (χ0v) is 14.5. The quantitative estimate of drug-likeness (QED) is 0.844. The van der Waals surface area contributed by atoms with Crippen molar-refractivity contribution >= 4 is 17.5 Å².